The highest BCUT2D eigenvalue weighted by Crippen LogP contribution is 2.24. The summed E-state index contributed by atoms with van der Waals surface area (Å²) in [7, 11) is 0. The van der Waals surface area contributed by atoms with Crippen molar-refractivity contribution in [3.05, 3.63) is 47.3 Å². The second-order valence-electron chi connectivity index (χ2n) is 8.47. The summed E-state index contributed by atoms with van der Waals surface area (Å²) in [5, 5.41) is 3.20. The zero-order chi connectivity index (χ0) is 21.2. The highest BCUT2D eigenvalue weighted by molar-refractivity contribution is 5.93. The number of nitrogens with zero attached hydrogens (tertiary/aromatic N) is 4. The highest BCUT2D eigenvalue weighted by atomic mass is 16.2. The van der Waals surface area contributed by atoms with E-state index in [1.54, 1.807) is 22.8 Å². The molecule has 154 valence electrons. The minimum Gasteiger partial charge on any atom is -0.339 e. The third kappa shape index (κ3) is 5.10. The Morgan fingerprint density at radius 1 is 0.966 bits per heavy atom. The molecule has 0 radical (unpaired) electrons. The van der Waals surface area contributed by atoms with Crippen molar-refractivity contribution >= 4 is 23.5 Å². The fourth-order valence-electron chi connectivity index (χ4n) is 3.30. The maximum Gasteiger partial charge on any atom is 0.272 e. The Balaban J connectivity index is 1.73. The number of benzene rings is 1. The number of piperazine rings is 1. The normalized spacial score (nSPS) is 14.7. The Morgan fingerprint density at radius 2 is 1.55 bits per heavy atom. The molecule has 1 aromatic carbocycles. The summed E-state index contributed by atoms with van der Waals surface area (Å²) in [5.74, 6) is 0.308. The van der Waals surface area contributed by atoms with Crippen LogP contribution < -0.4 is 5.32 Å². The molecule has 1 aromatic heterocycles. The monoisotopic (exact) mass is 395 g/mol. The van der Waals surface area contributed by atoms with E-state index in [0.717, 1.165) is 11.4 Å². The van der Waals surface area contributed by atoms with E-state index in [1.165, 1.54) is 5.56 Å². The number of carbonyl (C=O) groups excluding carboxylic acids is 2. The van der Waals surface area contributed by atoms with E-state index in [4.69, 9.17) is 0 Å². The Kier molecular flexibility index (Phi) is 5.86. The van der Waals surface area contributed by atoms with Crippen LogP contribution >= 0.6 is 0 Å². The van der Waals surface area contributed by atoms with Crippen LogP contribution in [0.15, 0.2) is 30.3 Å². The van der Waals surface area contributed by atoms with Gasteiger partial charge in [-0.15, -0.1) is 0 Å². The summed E-state index contributed by atoms with van der Waals surface area (Å²) < 4.78 is 0. The van der Waals surface area contributed by atoms with Crippen molar-refractivity contribution in [2.45, 2.75) is 40.0 Å². The summed E-state index contributed by atoms with van der Waals surface area (Å²) in [6.45, 7) is 12.1. The van der Waals surface area contributed by atoms with Crippen LogP contribution in [0.5, 0.6) is 0 Å². The first kappa shape index (κ1) is 20.8. The summed E-state index contributed by atoms with van der Waals surface area (Å²) >= 11 is 0. The van der Waals surface area contributed by atoms with Gasteiger partial charge in [0.15, 0.2) is 0 Å². The van der Waals surface area contributed by atoms with Crippen LogP contribution in [-0.4, -0.2) is 57.8 Å². The van der Waals surface area contributed by atoms with Crippen LogP contribution in [0, 0.1) is 6.92 Å². The molecular formula is C22H29N5O2. The number of aromatic nitrogens is 2. The molecule has 1 aliphatic rings. The molecule has 29 heavy (non-hydrogen) atoms. The molecule has 3 rings (SSSR count). The Hall–Kier alpha value is -2.96. The predicted molar refractivity (Wildman–Crippen MR) is 113 cm³/mol. The van der Waals surface area contributed by atoms with Crippen molar-refractivity contribution in [3.8, 4) is 0 Å². The fourth-order valence-corrected chi connectivity index (χ4v) is 3.30. The minimum atomic E-state index is -0.134. The van der Waals surface area contributed by atoms with E-state index in [9.17, 15) is 9.59 Å². The number of aryl methyl sites for hydroxylation is 1. The average molecular weight is 396 g/mol. The van der Waals surface area contributed by atoms with E-state index in [1.807, 2.05) is 19.1 Å². The minimum absolute atomic E-state index is 0.0407. The molecule has 0 spiro atoms. The van der Waals surface area contributed by atoms with Crippen molar-refractivity contribution < 1.29 is 9.59 Å². The number of anilines is 2. The van der Waals surface area contributed by atoms with Gasteiger partial charge in [0.2, 0.25) is 11.9 Å². The molecule has 0 atom stereocenters. The molecule has 1 aliphatic heterocycles. The molecule has 7 heteroatoms. The molecule has 1 N–H and O–H groups in total. The third-order valence-electron chi connectivity index (χ3n) is 5.09. The van der Waals surface area contributed by atoms with Crippen LogP contribution in [-0.2, 0) is 10.2 Å². The molecule has 0 bridgehead atoms. The number of hydrogen-bond donors (Lipinski definition) is 1. The number of rotatable bonds is 3. The van der Waals surface area contributed by atoms with Gasteiger partial charge in [-0.2, -0.15) is 0 Å². The third-order valence-corrected chi connectivity index (χ3v) is 5.09. The lowest BCUT2D eigenvalue weighted by atomic mass is 9.87. The predicted octanol–water partition coefficient (Wildman–Crippen LogP) is 3.13. The average Bonchev–Trinajstić information content (AvgIpc) is 2.66. The van der Waals surface area contributed by atoms with Crippen LogP contribution in [0.25, 0.3) is 0 Å². The van der Waals surface area contributed by atoms with E-state index in [0.29, 0.717) is 37.8 Å². The smallest absolute Gasteiger partial charge is 0.272 e. The molecule has 0 aliphatic carbocycles. The van der Waals surface area contributed by atoms with Gasteiger partial charge in [0.25, 0.3) is 5.91 Å². The zero-order valence-electron chi connectivity index (χ0n) is 17.8. The van der Waals surface area contributed by atoms with E-state index >= 15 is 0 Å². The Labute approximate surface area is 172 Å². The summed E-state index contributed by atoms with van der Waals surface area (Å²) in [6.07, 6.45) is 0. The molecule has 1 saturated heterocycles. The summed E-state index contributed by atoms with van der Waals surface area (Å²) in [4.78, 5) is 36.7. The molecule has 1 fully saturated rings. The quantitative estimate of drug-likeness (QED) is 0.864. The fraction of sp³-hybridized carbons (Fsp3) is 0.455. The Morgan fingerprint density at radius 3 is 2.10 bits per heavy atom. The maximum atomic E-state index is 12.9. The number of amides is 2. The summed E-state index contributed by atoms with van der Waals surface area (Å²) in [6, 6.07) is 9.86. The van der Waals surface area contributed by atoms with Crippen molar-refractivity contribution in [2.24, 2.45) is 0 Å². The van der Waals surface area contributed by atoms with Crippen molar-refractivity contribution in [2.75, 3.05) is 31.5 Å². The zero-order valence-corrected chi connectivity index (χ0v) is 17.8. The van der Waals surface area contributed by atoms with E-state index in [2.05, 4.69) is 48.2 Å². The molecule has 2 aromatic rings. The number of hydrogen-bond acceptors (Lipinski definition) is 5. The number of nitrogens with one attached hydrogen (secondary N) is 1. The highest BCUT2D eigenvalue weighted by Gasteiger charge is 2.24. The van der Waals surface area contributed by atoms with Crippen LogP contribution in [0.4, 0.5) is 11.6 Å². The lowest BCUT2D eigenvalue weighted by Gasteiger charge is -2.34. The van der Waals surface area contributed by atoms with Crippen molar-refractivity contribution in [3.63, 3.8) is 0 Å². The van der Waals surface area contributed by atoms with Gasteiger partial charge in [0.05, 0.1) is 0 Å². The van der Waals surface area contributed by atoms with Gasteiger partial charge in [0.1, 0.15) is 5.69 Å². The molecule has 2 amide bonds. The molecular weight excluding hydrogens is 366 g/mol. The van der Waals surface area contributed by atoms with Crippen molar-refractivity contribution in [1.82, 2.24) is 19.8 Å². The van der Waals surface area contributed by atoms with Gasteiger partial charge in [0, 0.05) is 44.5 Å². The van der Waals surface area contributed by atoms with Gasteiger partial charge < -0.3 is 15.1 Å². The van der Waals surface area contributed by atoms with Crippen LogP contribution in [0.3, 0.4) is 0 Å². The first-order valence-corrected chi connectivity index (χ1v) is 9.91. The summed E-state index contributed by atoms with van der Waals surface area (Å²) in [5.41, 5.74) is 3.29. The van der Waals surface area contributed by atoms with Gasteiger partial charge in [-0.05, 0) is 36.1 Å². The molecule has 0 unspecified atom stereocenters. The topological polar surface area (TPSA) is 78.4 Å². The van der Waals surface area contributed by atoms with Crippen LogP contribution in [0.2, 0.25) is 0 Å². The van der Waals surface area contributed by atoms with Gasteiger partial charge >= 0.3 is 0 Å². The van der Waals surface area contributed by atoms with Crippen LogP contribution in [0.1, 0.15) is 49.4 Å². The molecule has 7 nitrogen and oxygen atoms in total. The second-order valence-corrected chi connectivity index (χ2v) is 8.47. The first-order valence-electron chi connectivity index (χ1n) is 9.91. The Bertz CT molecular complexity index is 894. The van der Waals surface area contributed by atoms with Crippen molar-refractivity contribution in [1.29, 1.82) is 0 Å². The molecule has 0 saturated carbocycles. The first-order chi connectivity index (χ1) is 13.6. The van der Waals surface area contributed by atoms with E-state index in [-0.39, 0.29) is 17.2 Å². The number of carbonyl (C=O) groups is 2. The van der Waals surface area contributed by atoms with Gasteiger partial charge in [-0.25, -0.2) is 9.97 Å². The maximum absolute atomic E-state index is 12.9. The van der Waals surface area contributed by atoms with E-state index < -0.39 is 0 Å². The van der Waals surface area contributed by atoms with Gasteiger partial charge in [-0.1, -0.05) is 32.9 Å². The van der Waals surface area contributed by atoms with Gasteiger partial charge in [-0.3, -0.25) is 9.59 Å². The molecule has 2 heterocycles. The largest absolute Gasteiger partial charge is 0.339 e. The lowest BCUT2D eigenvalue weighted by Crippen LogP contribution is -2.50. The SMILES string of the molecule is CC(=O)N1CCN(C(=O)c2cc(C)nc(Nc3ccc(C(C)(C)C)cc3)n2)CC1. The standard InChI is InChI=1S/C22H29N5O2/c1-15-14-19(20(29)27-12-10-26(11-13-27)16(2)28)25-21(23-15)24-18-8-6-17(7-9-18)22(3,4)5/h6-9,14H,10-13H2,1-5H3,(H,23,24,25). The second kappa shape index (κ2) is 8.19. The lowest BCUT2D eigenvalue weighted by molar-refractivity contribution is -0.130.